The molecule has 99 heavy (non-hydrogen) atoms. The number of carbonyl (C=O) groups excluding carboxylic acids is 15. The van der Waals surface area contributed by atoms with Crippen LogP contribution in [0.15, 0.2) is 0 Å². The minimum absolute atomic E-state index is 0.0221. The Kier molecular flexibility index (Phi) is 43.5. The normalized spacial score (nSPS) is 16.0. The van der Waals surface area contributed by atoms with Crippen LogP contribution in [-0.2, 0) is 71.9 Å². The van der Waals surface area contributed by atoms with Gasteiger partial charge in [-0.2, -0.15) is 0 Å². The number of rotatable bonds is 49. The third-order valence-corrected chi connectivity index (χ3v) is 16.2. The highest BCUT2D eigenvalue weighted by molar-refractivity contribution is 6.00. The molecule has 0 aromatic heterocycles. The van der Waals surface area contributed by atoms with Crippen LogP contribution in [-0.4, -0.2) is 187 Å². The third kappa shape index (κ3) is 36.2. The average molecular weight is 1410 g/mol. The molecule has 32 nitrogen and oxygen atoms in total. The van der Waals surface area contributed by atoms with E-state index < -0.39 is 174 Å². The number of amides is 14. The Hall–Kier alpha value is -7.87. The van der Waals surface area contributed by atoms with E-state index in [1.54, 1.807) is 48.5 Å². The van der Waals surface area contributed by atoms with Crippen molar-refractivity contribution in [1.82, 2.24) is 69.1 Å². The quantitative estimate of drug-likeness (QED) is 0.0239. The highest BCUT2D eigenvalue weighted by Gasteiger charge is 2.36. The van der Waals surface area contributed by atoms with E-state index in [0.29, 0.717) is 38.4 Å². The zero-order chi connectivity index (χ0) is 76.1. The number of nitrogens with two attached hydrogens (primary N) is 4. The molecule has 15 atom stereocenters. The van der Waals surface area contributed by atoms with Gasteiger partial charge in [-0.15, -0.1) is 0 Å². The topological polar surface area (TPSA) is 517 Å². The zero-order valence-corrected chi connectivity index (χ0v) is 61.7. The Morgan fingerprint density at radius 3 is 0.808 bits per heavy atom. The van der Waals surface area contributed by atoms with Crippen molar-refractivity contribution in [3.05, 3.63) is 0 Å². The molecule has 0 aromatic rings. The van der Waals surface area contributed by atoms with Gasteiger partial charge in [-0.25, -0.2) is 0 Å². The molecule has 566 valence electrons. The number of hydrogen-bond donors (Lipinski definition) is 17. The van der Waals surface area contributed by atoms with Crippen molar-refractivity contribution in [3.8, 4) is 0 Å². The van der Waals surface area contributed by atoms with Crippen LogP contribution >= 0.6 is 0 Å². The maximum atomic E-state index is 14.0. The lowest BCUT2D eigenvalue weighted by molar-refractivity contribution is -0.136. The number of primary amides is 1. The molecule has 0 fully saturated rings. The van der Waals surface area contributed by atoms with Crippen LogP contribution in [0.3, 0.4) is 0 Å². The van der Waals surface area contributed by atoms with Gasteiger partial charge in [-0.05, 0) is 154 Å². The lowest BCUT2D eigenvalue weighted by Gasteiger charge is -2.28. The molecular weight excluding hydrogens is 1280 g/mol. The first-order chi connectivity index (χ1) is 46.1. The lowest BCUT2D eigenvalue weighted by Crippen LogP contribution is -2.60. The maximum Gasteiger partial charge on any atom is 0.243 e. The Labute approximate surface area is 585 Å². The molecule has 0 rings (SSSR count). The second kappa shape index (κ2) is 47.2. The van der Waals surface area contributed by atoms with E-state index in [4.69, 9.17) is 22.9 Å². The number of unbranched alkanes of at least 4 members (excludes halogenated alkanes) is 2. The SMILES string of the molecule is CC[C@H](C)[C@@H](N)C(=O)N[C@@H](CC=O)C(=O)N[C@H](CC(C)C)C(=O)N[C@H](CCCCN)C(=O)N[C@H](C)C(=O)N[C@H](CC(C)C)C(=O)N[C@H](C)C(=O)N[C@@H](C)C(=O)N[C@@H](CC(C)C)C(=O)N[C@@H](C)C(=O)N[C@@H](CCCCN)C(=O)N[C@@H](C)C(=O)N[C@@H](CC(C)C)C(=O)N[C@@H](CC(C)C)C(N)=O. The minimum Gasteiger partial charge on any atom is -0.368 e. The molecule has 0 aromatic carbocycles. The van der Waals surface area contributed by atoms with Crippen LogP contribution in [0.2, 0.25) is 0 Å². The van der Waals surface area contributed by atoms with Gasteiger partial charge in [0.15, 0.2) is 0 Å². The van der Waals surface area contributed by atoms with Gasteiger partial charge in [0.1, 0.15) is 84.8 Å². The number of nitrogens with one attached hydrogen (secondary N) is 13. The van der Waals surface area contributed by atoms with E-state index in [9.17, 15) is 71.9 Å². The summed E-state index contributed by atoms with van der Waals surface area (Å²) in [6, 6.07) is -16.9. The summed E-state index contributed by atoms with van der Waals surface area (Å²) in [4.78, 5) is 201. The standard InChI is InChI=1S/C67H123N17O15/c1-18-39(12)53(70)67(99)79-47(25-28-85)62(94)84-52(33-38(10)11)65(97)78-46(24-20-22-27-69)61(93)74-43(16)58(90)82-49(30-35(4)5)63(95)75-40(13)55(87)72-41(14)57(89)81-50(31-36(6)7)64(96)76-42(15)56(88)77-45(23-19-21-26-68)60(92)73-44(17)59(91)83-51(32-37(8)9)66(98)80-48(54(71)86)29-34(2)3/h28,34-53H,18-27,29-33,68-70H2,1-17H3,(H2,71,86)(H,72,87)(H,73,92)(H,74,93)(H,75,95)(H,76,96)(H,77,88)(H,78,97)(H,79,99)(H,80,98)(H,81,89)(H,82,90)(H,83,91)(H,84,94)/t39-,40+,41-,42-,43+,44-,45-,46+,47-,48-,49+,50-,51-,52+,53+/m0/s1. The van der Waals surface area contributed by atoms with E-state index in [-0.39, 0.29) is 93.5 Å². The molecule has 0 saturated carbocycles. The molecule has 0 aliphatic heterocycles. The van der Waals surface area contributed by atoms with Crippen molar-refractivity contribution in [2.75, 3.05) is 13.1 Å². The second-order valence-electron chi connectivity index (χ2n) is 28.1. The summed E-state index contributed by atoms with van der Waals surface area (Å²) in [6.45, 7) is 29.1. The van der Waals surface area contributed by atoms with Gasteiger partial charge in [0.25, 0.3) is 0 Å². The van der Waals surface area contributed by atoms with Crippen molar-refractivity contribution < 1.29 is 71.9 Å². The summed E-state index contributed by atoms with van der Waals surface area (Å²) in [5, 5.41) is 33.8. The largest absolute Gasteiger partial charge is 0.368 e. The highest BCUT2D eigenvalue weighted by atomic mass is 16.2. The molecular formula is C67H123N17O15. The van der Waals surface area contributed by atoms with E-state index in [1.807, 2.05) is 34.6 Å². The third-order valence-electron chi connectivity index (χ3n) is 16.2. The molecule has 32 heteroatoms. The van der Waals surface area contributed by atoms with Crippen molar-refractivity contribution in [1.29, 1.82) is 0 Å². The van der Waals surface area contributed by atoms with Gasteiger partial charge >= 0.3 is 0 Å². The minimum atomic E-state index is -1.35. The zero-order valence-electron chi connectivity index (χ0n) is 61.7. The van der Waals surface area contributed by atoms with Crippen LogP contribution in [0, 0.1) is 35.5 Å². The number of carbonyl (C=O) groups is 15. The highest BCUT2D eigenvalue weighted by Crippen LogP contribution is 2.14. The average Bonchev–Trinajstić information content (AvgIpc) is 0.900. The first-order valence-corrected chi connectivity index (χ1v) is 35.0. The van der Waals surface area contributed by atoms with Gasteiger partial charge in [-0.3, -0.25) is 67.1 Å². The van der Waals surface area contributed by atoms with Crippen LogP contribution in [0.4, 0.5) is 0 Å². The number of aldehydes is 1. The summed E-state index contributed by atoms with van der Waals surface area (Å²) in [5.41, 5.74) is 23.1. The first-order valence-electron chi connectivity index (χ1n) is 35.0. The Morgan fingerprint density at radius 2 is 0.525 bits per heavy atom. The van der Waals surface area contributed by atoms with Crippen molar-refractivity contribution >= 4 is 89.0 Å². The van der Waals surface area contributed by atoms with Crippen molar-refractivity contribution in [3.63, 3.8) is 0 Å². The summed E-state index contributed by atoms with van der Waals surface area (Å²) < 4.78 is 0. The lowest BCUT2D eigenvalue weighted by atomic mass is 9.98. The molecule has 14 amide bonds. The molecule has 0 unspecified atom stereocenters. The van der Waals surface area contributed by atoms with Crippen molar-refractivity contribution in [2.24, 2.45) is 58.4 Å². The van der Waals surface area contributed by atoms with Crippen LogP contribution in [0.25, 0.3) is 0 Å². The monoisotopic (exact) mass is 1410 g/mol. The predicted molar refractivity (Wildman–Crippen MR) is 374 cm³/mol. The van der Waals surface area contributed by atoms with E-state index in [1.165, 1.54) is 34.6 Å². The first kappa shape index (κ1) is 91.1. The van der Waals surface area contributed by atoms with Crippen LogP contribution < -0.4 is 92.1 Å². The summed E-state index contributed by atoms with van der Waals surface area (Å²) >= 11 is 0. The van der Waals surface area contributed by atoms with E-state index in [0.717, 1.165) is 0 Å². The molecule has 0 saturated heterocycles. The van der Waals surface area contributed by atoms with E-state index >= 15 is 0 Å². The summed E-state index contributed by atoms with van der Waals surface area (Å²) in [7, 11) is 0. The molecule has 0 bridgehead atoms. The van der Waals surface area contributed by atoms with Crippen molar-refractivity contribution in [2.45, 2.75) is 286 Å². The predicted octanol–water partition coefficient (Wildman–Crippen LogP) is -1.68. The maximum absolute atomic E-state index is 14.0. The summed E-state index contributed by atoms with van der Waals surface area (Å²) in [5.74, 6) is -11.4. The van der Waals surface area contributed by atoms with Gasteiger partial charge in [-0.1, -0.05) is 89.5 Å². The van der Waals surface area contributed by atoms with Gasteiger partial charge < -0.3 is 96.8 Å². The Balaban J connectivity index is 6.17. The van der Waals surface area contributed by atoms with Gasteiger partial charge in [0.05, 0.1) is 6.04 Å². The Morgan fingerprint density at radius 1 is 0.303 bits per heavy atom. The molecule has 21 N–H and O–H groups in total. The molecule has 0 heterocycles. The van der Waals surface area contributed by atoms with E-state index in [2.05, 4.69) is 69.1 Å². The fourth-order valence-corrected chi connectivity index (χ4v) is 10.1. The molecule has 0 radical (unpaired) electrons. The fraction of sp³-hybridized carbons (Fsp3) is 0.776. The van der Waals surface area contributed by atoms with Gasteiger partial charge in [0.2, 0.25) is 82.7 Å². The molecule has 0 aliphatic rings. The Bertz CT molecular complexity index is 2660. The van der Waals surface area contributed by atoms with Crippen LogP contribution in [0.1, 0.15) is 201 Å². The summed E-state index contributed by atoms with van der Waals surface area (Å²) in [6.07, 6.45) is 3.19. The molecule has 0 spiro atoms. The smallest absolute Gasteiger partial charge is 0.243 e. The van der Waals surface area contributed by atoms with Gasteiger partial charge in [0, 0.05) is 6.42 Å². The second-order valence-corrected chi connectivity index (χ2v) is 28.1. The van der Waals surface area contributed by atoms with Crippen LogP contribution in [0.5, 0.6) is 0 Å². The fourth-order valence-electron chi connectivity index (χ4n) is 10.1. The number of hydrogen-bond acceptors (Lipinski definition) is 18. The molecule has 0 aliphatic carbocycles.